The van der Waals surface area contributed by atoms with E-state index in [-0.39, 0.29) is 12.1 Å². The summed E-state index contributed by atoms with van der Waals surface area (Å²) in [6.07, 6.45) is 0.645. The minimum absolute atomic E-state index is 0.0405. The Balaban J connectivity index is 1.26. The first-order valence-electron chi connectivity index (χ1n) is 13.4. The molecule has 2 atom stereocenters. The highest BCUT2D eigenvalue weighted by atomic mass is 16.5. The monoisotopic (exact) mass is 516 g/mol. The summed E-state index contributed by atoms with van der Waals surface area (Å²) in [6.45, 7) is 3.69. The van der Waals surface area contributed by atoms with Gasteiger partial charge in [0.2, 0.25) is 0 Å². The van der Waals surface area contributed by atoms with E-state index in [2.05, 4.69) is 55.5 Å². The van der Waals surface area contributed by atoms with E-state index in [1.54, 1.807) is 0 Å². The maximum absolute atomic E-state index is 6.29. The van der Waals surface area contributed by atoms with Gasteiger partial charge in [0.05, 0.1) is 0 Å². The Morgan fingerprint density at radius 1 is 0.641 bits per heavy atom. The summed E-state index contributed by atoms with van der Waals surface area (Å²) in [5.41, 5.74) is 3.92. The van der Waals surface area contributed by atoms with Crippen molar-refractivity contribution >= 4 is 11.8 Å². The van der Waals surface area contributed by atoms with E-state index in [1.165, 1.54) is 0 Å². The number of nitrogens with zero attached hydrogens (tertiary/aromatic N) is 2. The molecule has 5 nitrogen and oxygen atoms in total. The molecular weight excluding hydrogens is 484 g/mol. The van der Waals surface area contributed by atoms with E-state index in [9.17, 15) is 0 Å². The number of hydrogen-bond acceptors (Lipinski definition) is 5. The minimum Gasteiger partial charge on any atom is -0.489 e. The average Bonchev–Trinajstić information content (AvgIpc) is 3.70. The van der Waals surface area contributed by atoms with Gasteiger partial charge in [0, 0.05) is 0 Å². The Morgan fingerprint density at radius 3 is 1.64 bits per heavy atom. The van der Waals surface area contributed by atoms with Gasteiger partial charge in [0.25, 0.3) is 0 Å². The van der Waals surface area contributed by atoms with Crippen molar-refractivity contribution in [2.75, 3.05) is 13.2 Å². The van der Waals surface area contributed by atoms with Gasteiger partial charge in [0.15, 0.2) is 11.8 Å². The SMILES string of the molecule is CC(Cc1ccc(OCc2ccccc2)cc1)(C1=N[C@@H](c2ccccc2)CO1)C1=N[C@@H](c2ccccc2)CO1. The summed E-state index contributed by atoms with van der Waals surface area (Å²) in [7, 11) is 0. The minimum atomic E-state index is -0.639. The van der Waals surface area contributed by atoms with Gasteiger partial charge >= 0.3 is 0 Å². The predicted octanol–water partition coefficient (Wildman–Crippen LogP) is 7.15. The van der Waals surface area contributed by atoms with Crippen LogP contribution in [0.25, 0.3) is 0 Å². The van der Waals surface area contributed by atoms with Crippen molar-refractivity contribution in [2.24, 2.45) is 15.4 Å². The molecule has 0 saturated heterocycles. The summed E-state index contributed by atoms with van der Waals surface area (Å²) >= 11 is 0. The Morgan fingerprint density at radius 2 is 1.13 bits per heavy atom. The van der Waals surface area contributed by atoms with Crippen molar-refractivity contribution in [3.63, 3.8) is 0 Å². The molecule has 4 aromatic carbocycles. The topological polar surface area (TPSA) is 52.4 Å². The number of rotatable bonds is 9. The Bertz CT molecular complexity index is 1370. The molecule has 0 aromatic heterocycles. The quantitative estimate of drug-likeness (QED) is 0.237. The van der Waals surface area contributed by atoms with Crippen molar-refractivity contribution in [3.05, 3.63) is 138 Å². The number of ether oxygens (including phenoxy) is 3. The Labute approximate surface area is 229 Å². The van der Waals surface area contributed by atoms with Gasteiger partial charge in [-0.05, 0) is 47.7 Å². The van der Waals surface area contributed by atoms with E-state index in [1.807, 2.05) is 66.7 Å². The maximum atomic E-state index is 6.29. The molecule has 5 heteroatoms. The molecule has 6 rings (SSSR count). The highest BCUT2D eigenvalue weighted by Crippen LogP contribution is 2.38. The third-order valence-electron chi connectivity index (χ3n) is 7.34. The zero-order valence-electron chi connectivity index (χ0n) is 22.1. The number of hydrogen-bond donors (Lipinski definition) is 0. The molecule has 2 aliphatic rings. The molecular formula is C34H32N2O3. The smallest absolute Gasteiger partial charge is 0.200 e. The molecule has 2 heterocycles. The summed E-state index contributed by atoms with van der Waals surface area (Å²) in [5, 5.41) is 0. The first-order valence-corrected chi connectivity index (χ1v) is 13.4. The zero-order chi connectivity index (χ0) is 26.5. The second kappa shape index (κ2) is 11.2. The van der Waals surface area contributed by atoms with Crippen LogP contribution in [0.5, 0.6) is 5.75 Å². The molecule has 0 spiro atoms. The second-order valence-electron chi connectivity index (χ2n) is 10.3. The number of benzene rings is 4. The van der Waals surface area contributed by atoms with Crippen molar-refractivity contribution in [2.45, 2.75) is 32.0 Å². The van der Waals surface area contributed by atoms with Gasteiger partial charge in [-0.2, -0.15) is 0 Å². The van der Waals surface area contributed by atoms with Crippen LogP contribution in [0.15, 0.2) is 125 Å². The Hall–Kier alpha value is -4.38. The van der Waals surface area contributed by atoms with E-state index in [4.69, 9.17) is 24.2 Å². The molecule has 4 aromatic rings. The third-order valence-corrected chi connectivity index (χ3v) is 7.34. The first kappa shape index (κ1) is 24.9. The lowest BCUT2D eigenvalue weighted by molar-refractivity contribution is 0.257. The normalized spacial score (nSPS) is 18.6. The predicted molar refractivity (Wildman–Crippen MR) is 154 cm³/mol. The molecule has 0 fully saturated rings. The van der Waals surface area contributed by atoms with Crippen molar-refractivity contribution in [1.82, 2.24) is 0 Å². The summed E-state index contributed by atoms with van der Waals surface area (Å²) < 4.78 is 18.6. The highest BCUT2D eigenvalue weighted by molar-refractivity contribution is 6.06. The zero-order valence-corrected chi connectivity index (χ0v) is 22.1. The Kier molecular flexibility index (Phi) is 7.13. The fraction of sp³-hybridized carbons (Fsp3) is 0.235. The third kappa shape index (κ3) is 5.58. The fourth-order valence-corrected chi connectivity index (χ4v) is 5.14. The van der Waals surface area contributed by atoms with Gasteiger partial charge in [-0.15, -0.1) is 0 Å². The van der Waals surface area contributed by atoms with Crippen LogP contribution in [-0.4, -0.2) is 25.0 Å². The molecule has 0 bridgehead atoms. The number of aliphatic imine (C=N–C) groups is 2. The van der Waals surface area contributed by atoms with Crippen molar-refractivity contribution in [1.29, 1.82) is 0 Å². The summed E-state index contributed by atoms with van der Waals surface area (Å²) in [6, 6.07) is 38.9. The molecule has 0 aliphatic carbocycles. The lowest BCUT2D eigenvalue weighted by Crippen LogP contribution is -2.39. The van der Waals surface area contributed by atoms with E-state index in [0.29, 0.717) is 38.0 Å². The first-order chi connectivity index (χ1) is 19.2. The van der Waals surface area contributed by atoms with E-state index < -0.39 is 5.41 Å². The van der Waals surface area contributed by atoms with Crippen LogP contribution in [0.1, 0.15) is 41.3 Å². The summed E-state index contributed by atoms with van der Waals surface area (Å²) in [5.74, 6) is 2.18. The van der Waals surface area contributed by atoms with Crippen LogP contribution in [0.3, 0.4) is 0 Å². The van der Waals surface area contributed by atoms with Gasteiger partial charge < -0.3 is 14.2 Å². The highest BCUT2D eigenvalue weighted by Gasteiger charge is 2.45. The fourth-order valence-electron chi connectivity index (χ4n) is 5.14. The van der Waals surface area contributed by atoms with Crippen LogP contribution in [0, 0.1) is 5.41 Å². The second-order valence-corrected chi connectivity index (χ2v) is 10.3. The molecule has 196 valence electrons. The lowest BCUT2D eigenvalue weighted by atomic mass is 9.82. The van der Waals surface area contributed by atoms with Crippen LogP contribution in [-0.2, 0) is 22.5 Å². The van der Waals surface area contributed by atoms with Crippen LogP contribution >= 0.6 is 0 Å². The molecule has 39 heavy (non-hydrogen) atoms. The largest absolute Gasteiger partial charge is 0.489 e. The van der Waals surface area contributed by atoms with Crippen molar-refractivity contribution in [3.8, 4) is 5.75 Å². The standard InChI is InChI=1S/C34H32N2O3/c1-34(32-35-30(23-38-32)27-13-7-3-8-14-27,33-36-31(24-39-33)28-15-9-4-10-16-28)21-25-17-19-29(20-18-25)37-22-26-11-5-2-6-12-26/h2-20,30-31H,21-24H2,1H3/t30-,31-/m1/s1. The van der Waals surface area contributed by atoms with E-state index in [0.717, 1.165) is 28.0 Å². The van der Waals surface area contributed by atoms with Gasteiger partial charge in [-0.1, -0.05) is 103 Å². The van der Waals surface area contributed by atoms with Gasteiger partial charge in [-0.3, -0.25) is 0 Å². The van der Waals surface area contributed by atoms with Gasteiger partial charge in [-0.25, -0.2) is 9.98 Å². The molecule has 0 N–H and O–H groups in total. The van der Waals surface area contributed by atoms with Crippen LogP contribution in [0.2, 0.25) is 0 Å². The summed E-state index contributed by atoms with van der Waals surface area (Å²) in [4.78, 5) is 10.1. The molecule has 0 amide bonds. The molecule has 0 radical (unpaired) electrons. The average molecular weight is 517 g/mol. The van der Waals surface area contributed by atoms with Crippen molar-refractivity contribution < 1.29 is 14.2 Å². The van der Waals surface area contributed by atoms with Gasteiger partial charge in [0.1, 0.15) is 43.1 Å². The van der Waals surface area contributed by atoms with E-state index >= 15 is 0 Å². The molecule has 0 unspecified atom stereocenters. The molecule has 2 aliphatic heterocycles. The van der Waals surface area contributed by atoms with Crippen LogP contribution < -0.4 is 4.74 Å². The van der Waals surface area contributed by atoms with Crippen LogP contribution in [0.4, 0.5) is 0 Å². The lowest BCUT2D eigenvalue weighted by Gasteiger charge is -2.28. The maximum Gasteiger partial charge on any atom is 0.200 e. The molecule has 0 saturated carbocycles.